The summed E-state index contributed by atoms with van der Waals surface area (Å²) in [6, 6.07) is 26.0. The predicted molar refractivity (Wildman–Crippen MR) is 151 cm³/mol. The molecule has 3 heterocycles. The fraction of sp³-hybridized carbons (Fsp3) is 0.152. The Morgan fingerprint density at radius 2 is 1.48 bits per heavy atom. The van der Waals surface area contributed by atoms with Crippen molar-refractivity contribution in [1.29, 1.82) is 0 Å². The second-order valence-electron chi connectivity index (χ2n) is 10.3. The van der Waals surface area contributed by atoms with Gasteiger partial charge in [-0.1, -0.05) is 60.7 Å². The summed E-state index contributed by atoms with van der Waals surface area (Å²) < 4.78 is 5.13. The van der Waals surface area contributed by atoms with Gasteiger partial charge in [0.05, 0.1) is 23.6 Å². The van der Waals surface area contributed by atoms with Crippen molar-refractivity contribution in [2.75, 3.05) is 9.80 Å². The first-order chi connectivity index (χ1) is 19.4. The number of anilines is 2. The average molecular weight is 529 g/mol. The highest BCUT2D eigenvalue weighted by atomic mass is 16.5. The topological polar surface area (TPSA) is 84.0 Å². The van der Waals surface area contributed by atoms with Gasteiger partial charge >= 0.3 is 5.97 Å². The Hall–Kier alpha value is -5.04. The summed E-state index contributed by atoms with van der Waals surface area (Å²) in [5.74, 6) is -2.64. The van der Waals surface area contributed by atoms with Gasteiger partial charge in [-0.2, -0.15) is 0 Å². The monoisotopic (exact) mass is 528 g/mol. The van der Waals surface area contributed by atoms with Gasteiger partial charge in [0.15, 0.2) is 5.78 Å². The lowest BCUT2D eigenvalue weighted by atomic mass is 9.86. The van der Waals surface area contributed by atoms with Gasteiger partial charge in [-0.05, 0) is 58.8 Å². The second kappa shape index (κ2) is 9.02. The highest BCUT2D eigenvalue weighted by Gasteiger charge is 2.64. The van der Waals surface area contributed by atoms with Gasteiger partial charge < -0.3 is 9.64 Å². The van der Waals surface area contributed by atoms with Crippen LogP contribution in [0.5, 0.6) is 5.75 Å². The van der Waals surface area contributed by atoms with Crippen LogP contribution in [0.15, 0.2) is 97.1 Å². The zero-order chi connectivity index (χ0) is 27.5. The van der Waals surface area contributed by atoms with Crippen molar-refractivity contribution in [2.24, 2.45) is 11.8 Å². The quantitative estimate of drug-likeness (QED) is 0.160. The maximum absolute atomic E-state index is 14.2. The number of ether oxygens (including phenoxy) is 1. The Balaban J connectivity index is 1.32. The number of imide groups is 1. The van der Waals surface area contributed by atoms with E-state index in [1.54, 1.807) is 30.3 Å². The van der Waals surface area contributed by atoms with Crippen LogP contribution in [-0.2, 0) is 14.4 Å². The van der Waals surface area contributed by atoms with Crippen LogP contribution in [0.1, 0.15) is 22.8 Å². The van der Waals surface area contributed by atoms with E-state index in [-0.39, 0.29) is 17.6 Å². The van der Waals surface area contributed by atoms with Gasteiger partial charge in [0.2, 0.25) is 11.8 Å². The first-order valence-corrected chi connectivity index (χ1v) is 13.2. The molecule has 7 heteroatoms. The lowest BCUT2D eigenvalue weighted by Crippen LogP contribution is -2.48. The molecule has 0 aromatic heterocycles. The molecule has 4 atom stereocenters. The number of amides is 2. The van der Waals surface area contributed by atoms with E-state index >= 15 is 0 Å². The van der Waals surface area contributed by atoms with Crippen molar-refractivity contribution in [3.05, 3.63) is 108 Å². The number of para-hydroxylation sites is 1. The molecule has 3 aliphatic heterocycles. The molecule has 196 valence electrons. The number of rotatable bonds is 4. The van der Waals surface area contributed by atoms with Crippen molar-refractivity contribution in [3.63, 3.8) is 0 Å². The van der Waals surface area contributed by atoms with Crippen LogP contribution < -0.4 is 14.5 Å². The summed E-state index contributed by atoms with van der Waals surface area (Å²) in [5.41, 5.74) is 2.62. The molecule has 0 spiro atoms. The van der Waals surface area contributed by atoms with Crippen LogP contribution in [-0.4, -0.2) is 35.7 Å². The standard InChI is InChI=1S/C33H24N2O5/c1-19(36)40-25-15-11-22(12-16-25)31(37)30-29-28(27-17-13-21-7-4-5-9-26(21)35(27)30)32(38)34(33(29)39)24-14-10-20-6-2-3-8-23(20)18-24/h2-18,27-30H,1H3. The van der Waals surface area contributed by atoms with E-state index in [1.807, 2.05) is 77.7 Å². The minimum absolute atomic E-state index is 0.265. The number of ketones is 1. The molecule has 0 saturated carbocycles. The van der Waals surface area contributed by atoms with Crippen LogP contribution >= 0.6 is 0 Å². The highest BCUT2D eigenvalue weighted by Crippen LogP contribution is 2.50. The van der Waals surface area contributed by atoms with E-state index in [4.69, 9.17) is 4.74 Å². The lowest BCUT2D eigenvalue weighted by Gasteiger charge is -2.36. The summed E-state index contributed by atoms with van der Waals surface area (Å²) in [7, 11) is 0. The summed E-state index contributed by atoms with van der Waals surface area (Å²) in [4.78, 5) is 57.0. The molecule has 7 rings (SSSR count). The number of benzene rings is 4. The van der Waals surface area contributed by atoms with Gasteiger partial charge in [0.25, 0.3) is 0 Å². The molecule has 0 bridgehead atoms. The van der Waals surface area contributed by atoms with Crippen LogP contribution in [0, 0.1) is 11.8 Å². The molecule has 0 N–H and O–H groups in total. The summed E-state index contributed by atoms with van der Waals surface area (Å²) >= 11 is 0. The fourth-order valence-electron chi connectivity index (χ4n) is 6.41. The van der Waals surface area contributed by atoms with Gasteiger partial charge in [-0.3, -0.25) is 19.2 Å². The smallest absolute Gasteiger partial charge is 0.308 e. The van der Waals surface area contributed by atoms with E-state index in [9.17, 15) is 19.2 Å². The third kappa shape index (κ3) is 3.58. The van der Waals surface area contributed by atoms with Gasteiger partial charge in [0, 0.05) is 18.2 Å². The van der Waals surface area contributed by atoms with E-state index in [1.165, 1.54) is 11.8 Å². The predicted octanol–water partition coefficient (Wildman–Crippen LogP) is 5.04. The van der Waals surface area contributed by atoms with Gasteiger partial charge in [-0.15, -0.1) is 0 Å². The second-order valence-corrected chi connectivity index (χ2v) is 10.3. The zero-order valence-corrected chi connectivity index (χ0v) is 21.6. The number of esters is 1. The Bertz CT molecular complexity index is 1760. The van der Waals surface area contributed by atoms with E-state index in [0.29, 0.717) is 17.0 Å². The van der Waals surface area contributed by atoms with Crippen molar-refractivity contribution in [1.82, 2.24) is 0 Å². The number of hydrogen-bond acceptors (Lipinski definition) is 6. The number of nitrogens with zero attached hydrogens (tertiary/aromatic N) is 2. The molecule has 2 saturated heterocycles. The SMILES string of the molecule is CC(=O)Oc1ccc(C(=O)C2C3C(=O)N(c4ccc5ccccc5c4)C(=O)C3C3C=Cc4ccccc4N32)cc1. The summed E-state index contributed by atoms with van der Waals surface area (Å²) in [6.07, 6.45) is 3.90. The molecule has 0 aliphatic carbocycles. The van der Waals surface area contributed by atoms with Gasteiger partial charge in [0.1, 0.15) is 11.8 Å². The molecular formula is C33H24N2O5. The number of carbonyl (C=O) groups is 4. The van der Waals surface area contributed by atoms with Crippen molar-refractivity contribution in [2.45, 2.75) is 19.0 Å². The largest absolute Gasteiger partial charge is 0.427 e. The molecule has 40 heavy (non-hydrogen) atoms. The molecule has 4 aromatic rings. The maximum Gasteiger partial charge on any atom is 0.308 e. The van der Waals surface area contributed by atoms with E-state index in [0.717, 1.165) is 22.0 Å². The Morgan fingerprint density at radius 3 is 2.25 bits per heavy atom. The van der Waals surface area contributed by atoms with Crippen molar-refractivity contribution < 1.29 is 23.9 Å². The molecule has 0 radical (unpaired) electrons. The van der Waals surface area contributed by atoms with Crippen LogP contribution in [0.4, 0.5) is 11.4 Å². The molecule has 2 fully saturated rings. The molecular weight excluding hydrogens is 504 g/mol. The van der Waals surface area contributed by atoms with Crippen molar-refractivity contribution >= 4 is 51.8 Å². The van der Waals surface area contributed by atoms with E-state index in [2.05, 4.69) is 0 Å². The molecule has 2 amide bonds. The first kappa shape index (κ1) is 24.0. The first-order valence-electron chi connectivity index (χ1n) is 13.2. The van der Waals surface area contributed by atoms with Crippen LogP contribution in [0.25, 0.3) is 16.8 Å². The average Bonchev–Trinajstić information content (AvgIpc) is 3.45. The van der Waals surface area contributed by atoms with Crippen molar-refractivity contribution in [3.8, 4) is 5.75 Å². The number of fused-ring (bicyclic) bond motifs is 6. The van der Waals surface area contributed by atoms with Crippen LogP contribution in [0.3, 0.4) is 0 Å². The Kier molecular flexibility index (Phi) is 5.42. The Morgan fingerprint density at radius 1 is 0.775 bits per heavy atom. The van der Waals surface area contributed by atoms with Crippen LogP contribution in [0.2, 0.25) is 0 Å². The summed E-state index contributed by atoms with van der Waals surface area (Å²) in [5, 5.41) is 1.93. The minimum atomic E-state index is -0.886. The number of Topliss-reactive ketones (excluding diaryl/α,β-unsaturated/α-hetero) is 1. The normalized spacial score (nSPS) is 22.7. The third-order valence-corrected chi connectivity index (χ3v) is 8.08. The molecule has 7 nitrogen and oxygen atoms in total. The fourth-order valence-corrected chi connectivity index (χ4v) is 6.41. The summed E-state index contributed by atoms with van der Waals surface area (Å²) in [6.45, 7) is 1.31. The zero-order valence-electron chi connectivity index (χ0n) is 21.6. The lowest BCUT2D eigenvalue weighted by molar-refractivity contribution is -0.132. The van der Waals surface area contributed by atoms with E-state index < -0.39 is 29.9 Å². The minimum Gasteiger partial charge on any atom is -0.427 e. The van der Waals surface area contributed by atoms with Gasteiger partial charge in [-0.25, -0.2) is 4.90 Å². The number of carbonyl (C=O) groups excluding carboxylic acids is 4. The molecule has 4 unspecified atom stereocenters. The highest BCUT2D eigenvalue weighted by molar-refractivity contribution is 6.26. The maximum atomic E-state index is 14.2. The number of hydrogen-bond donors (Lipinski definition) is 0. The molecule has 4 aromatic carbocycles. The Labute approximate surface area is 230 Å². The molecule has 3 aliphatic rings. The third-order valence-electron chi connectivity index (χ3n) is 8.08.